The number of morpholine rings is 1. The molecule has 0 aromatic carbocycles. The van der Waals surface area contributed by atoms with Crippen LogP contribution in [0.1, 0.15) is 34.0 Å². The van der Waals surface area contributed by atoms with Gasteiger partial charge in [-0.1, -0.05) is 0 Å². The number of aromatic nitrogens is 2. The van der Waals surface area contributed by atoms with Gasteiger partial charge in [-0.25, -0.2) is 4.98 Å². The van der Waals surface area contributed by atoms with Gasteiger partial charge in [0.05, 0.1) is 29.5 Å². The van der Waals surface area contributed by atoms with Gasteiger partial charge in [0.15, 0.2) is 0 Å². The fourth-order valence-electron chi connectivity index (χ4n) is 3.93. The number of piperidine rings is 1. The molecular formula is C18H24N4O2S. The highest BCUT2D eigenvalue weighted by molar-refractivity contribution is 7.09. The zero-order valence-electron chi connectivity index (χ0n) is 14.5. The highest BCUT2D eigenvalue weighted by Crippen LogP contribution is 2.30. The first-order valence-electron chi connectivity index (χ1n) is 8.84. The molecule has 25 heavy (non-hydrogen) atoms. The molecule has 0 radical (unpaired) electrons. The number of amides is 1. The number of likely N-dealkylation sites (tertiary alicyclic amines) is 1. The summed E-state index contributed by atoms with van der Waals surface area (Å²) in [6.07, 6.45) is 3.89. The van der Waals surface area contributed by atoms with E-state index in [4.69, 9.17) is 4.74 Å². The van der Waals surface area contributed by atoms with Gasteiger partial charge in [0.2, 0.25) is 0 Å². The fourth-order valence-corrected chi connectivity index (χ4v) is 4.54. The molecule has 0 saturated carbocycles. The van der Waals surface area contributed by atoms with Crippen LogP contribution in [0.2, 0.25) is 0 Å². The van der Waals surface area contributed by atoms with Crippen molar-refractivity contribution >= 4 is 17.2 Å². The average Bonchev–Trinajstić information content (AvgIpc) is 3.26. The van der Waals surface area contributed by atoms with E-state index in [-0.39, 0.29) is 11.5 Å². The van der Waals surface area contributed by atoms with Crippen molar-refractivity contribution in [1.82, 2.24) is 19.8 Å². The number of ether oxygens (including phenoxy) is 1. The van der Waals surface area contributed by atoms with Gasteiger partial charge >= 0.3 is 0 Å². The minimum Gasteiger partial charge on any atom is -0.370 e. The summed E-state index contributed by atoms with van der Waals surface area (Å²) in [5.41, 5.74) is 1.54. The predicted molar refractivity (Wildman–Crippen MR) is 96.7 cm³/mol. The molecule has 2 aliphatic rings. The van der Waals surface area contributed by atoms with Crippen molar-refractivity contribution < 1.29 is 9.53 Å². The van der Waals surface area contributed by atoms with Crippen molar-refractivity contribution in [2.24, 2.45) is 0 Å². The molecule has 2 fully saturated rings. The second-order valence-electron chi connectivity index (χ2n) is 7.01. The quantitative estimate of drug-likeness (QED) is 0.912. The van der Waals surface area contributed by atoms with E-state index in [9.17, 15) is 4.79 Å². The molecule has 1 N–H and O–H groups in total. The zero-order valence-corrected chi connectivity index (χ0v) is 15.3. The molecule has 2 aromatic heterocycles. The second kappa shape index (κ2) is 6.90. The summed E-state index contributed by atoms with van der Waals surface area (Å²) in [7, 11) is 0. The molecule has 2 aromatic rings. The molecule has 1 spiro atoms. The molecule has 1 amide bonds. The Morgan fingerprint density at radius 3 is 3.12 bits per heavy atom. The van der Waals surface area contributed by atoms with E-state index in [0.717, 1.165) is 43.2 Å². The third kappa shape index (κ3) is 3.63. The molecule has 134 valence electrons. The van der Waals surface area contributed by atoms with Gasteiger partial charge in [-0.2, -0.15) is 0 Å². The third-order valence-corrected chi connectivity index (χ3v) is 5.86. The molecular weight excluding hydrogens is 336 g/mol. The molecule has 4 rings (SSSR count). The van der Waals surface area contributed by atoms with E-state index in [1.165, 1.54) is 0 Å². The molecule has 1 unspecified atom stereocenters. The van der Waals surface area contributed by atoms with Crippen LogP contribution in [0.3, 0.4) is 0 Å². The lowest BCUT2D eigenvalue weighted by molar-refractivity contribution is -0.133. The molecule has 2 saturated heterocycles. The molecule has 2 aliphatic heterocycles. The SMILES string of the molecule is Cc1nc(CN2CCCC3(C2)CN(C(=O)c2ccc[nH]2)CCO3)cs1. The highest BCUT2D eigenvalue weighted by atomic mass is 32.1. The number of nitrogens with zero attached hydrogens (tertiary/aromatic N) is 3. The largest absolute Gasteiger partial charge is 0.370 e. The monoisotopic (exact) mass is 360 g/mol. The third-order valence-electron chi connectivity index (χ3n) is 5.03. The average molecular weight is 360 g/mol. The summed E-state index contributed by atoms with van der Waals surface area (Å²) < 4.78 is 6.21. The van der Waals surface area contributed by atoms with Crippen molar-refractivity contribution in [3.05, 3.63) is 40.1 Å². The Kier molecular flexibility index (Phi) is 4.62. The van der Waals surface area contributed by atoms with Crippen LogP contribution in [-0.2, 0) is 11.3 Å². The summed E-state index contributed by atoms with van der Waals surface area (Å²) in [5, 5.41) is 3.25. The zero-order chi connectivity index (χ0) is 17.3. The Balaban J connectivity index is 1.44. The van der Waals surface area contributed by atoms with Crippen LogP contribution in [0.5, 0.6) is 0 Å². The van der Waals surface area contributed by atoms with Crippen molar-refractivity contribution in [1.29, 1.82) is 0 Å². The second-order valence-corrected chi connectivity index (χ2v) is 8.08. The van der Waals surface area contributed by atoms with Gasteiger partial charge in [-0.15, -0.1) is 11.3 Å². The summed E-state index contributed by atoms with van der Waals surface area (Å²) in [6.45, 7) is 6.75. The summed E-state index contributed by atoms with van der Waals surface area (Å²) in [4.78, 5) is 24.6. The normalized spacial score (nSPS) is 24.8. The Bertz CT molecular complexity index is 725. The van der Waals surface area contributed by atoms with E-state index in [1.54, 1.807) is 17.5 Å². The summed E-state index contributed by atoms with van der Waals surface area (Å²) in [6, 6.07) is 3.70. The topological polar surface area (TPSA) is 61.5 Å². The lowest BCUT2D eigenvalue weighted by atomic mass is 9.90. The van der Waals surface area contributed by atoms with Crippen molar-refractivity contribution in [3.8, 4) is 0 Å². The molecule has 0 bridgehead atoms. The maximum Gasteiger partial charge on any atom is 0.270 e. The van der Waals surface area contributed by atoms with Gasteiger partial charge in [0, 0.05) is 31.2 Å². The van der Waals surface area contributed by atoms with E-state index in [2.05, 4.69) is 20.2 Å². The molecule has 7 heteroatoms. The number of nitrogens with one attached hydrogen (secondary N) is 1. The Morgan fingerprint density at radius 1 is 1.44 bits per heavy atom. The number of hydrogen-bond acceptors (Lipinski definition) is 5. The maximum absolute atomic E-state index is 12.7. The van der Waals surface area contributed by atoms with Gasteiger partial charge in [-0.3, -0.25) is 9.69 Å². The molecule has 4 heterocycles. The minimum atomic E-state index is -0.246. The van der Waals surface area contributed by atoms with Crippen LogP contribution in [0, 0.1) is 6.92 Å². The van der Waals surface area contributed by atoms with Gasteiger partial charge < -0.3 is 14.6 Å². The molecule has 0 aliphatic carbocycles. The van der Waals surface area contributed by atoms with E-state index < -0.39 is 0 Å². The van der Waals surface area contributed by atoms with E-state index >= 15 is 0 Å². The highest BCUT2D eigenvalue weighted by Gasteiger charge is 2.42. The lowest BCUT2D eigenvalue weighted by Gasteiger charge is -2.47. The van der Waals surface area contributed by atoms with Crippen LogP contribution >= 0.6 is 11.3 Å². The standard InChI is InChI=1S/C18H24N4O2S/c1-14-20-15(11-25-14)10-21-7-3-5-18(12-21)13-22(8-9-24-18)17(23)16-4-2-6-19-16/h2,4,6,11,19H,3,5,7-10,12-13H2,1H3. The van der Waals surface area contributed by atoms with Gasteiger partial charge in [-0.05, 0) is 38.4 Å². The first-order chi connectivity index (χ1) is 12.1. The molecule has 6 nitrogen and oxygen atoms in total. The number of H-pyrrole nitrogens is 1. The number of aryl methyl sites for hydroxylation is 1. The minimum absolute atomic E-state index is 0.0694. The number of aromatic amines is 1. The predicted octanol–water partition coefficient (Wildman–Crippen LogP) is 2.29. The Labute approximate surface area is 151 Å². The summed E-state index contributed by atoms with van der Waals surface area (Å²) >= 11 is 1.70. The number of thiazole rings is 1. The van der Waals surface area contributed by atoms with Crippen molar-refractivity contribution in [3.63, 3.8) is 0 Å². The van der Waals surface area contributed by atoms with E-state index in [1.807, 2.05) is 24.0 Å². The smallest absolute Gasteiger partial charge is 0.270 e. The van der Waals surface area contributed by atoms with E-state index in [0.29, 0.717) is 25.4 Å². The Morgan fingerprint density at radius 2 is 2.36 bits per heavy atom. The Hall–Kier alpha value is -1.70. The van der Waals surface area contributed by atoms with Gasteiger partial charge in [0.25, 0.3) is 5.91 Å². The summed E-state index contributed by atoms with van der Waals surface area (Å²) in [5.74, 6) is 0.0694. The van der Waals surface area contributed by atoms with Crippen molar-refractivity contribution in [2.75, 3.05) is 32.8 Å². The van der Waals surface area contributed by atoms with Crippen LogP contribution < -0.4 is 0 Å². The van der Waals surface area contributed by atoms with Crippen LogP contribution in [0.15, 0.2) is 23.7 Å². The number of carbonyl (C=O) groups is 1. The van der Waals surface area contributed by atoms with Crippen LogP contribution in [-0.4, -0.2) is 64.1 Å². The number of rotatable bonds is 3. The lowest BCUT2D eigenvalue weighted by Crippen LogP contribution is -2.60. The maximum atomic E-state index is 12.7. The first kappa shape index (κ1) is 16.8. The fraction of sp³-hybridized carbons (Fsp3) is 0.556. The van der Waals surface area contributed by atoms with Crippen LogP contribution in [0.4, 0.5) is 0 Å². The van der Waals surface area contributed by atoms with Gasteiger partial charge in [0.1, 0.15) is 5.69 Å². The molecule has 1 atom stereocenters. The first-order valence-corrected chi connectivity index (χ1v) is 9.72. The number of hydrogen-bond donors (Lipinski definition) is 1. The number of carbonyl (C=O) groups excluding carboxylic acids is 1. The van der Waals surface area contributed by atoms with Crippen molar-refractivity contribution in [2.45, 2.75) is 31.9 Å². The van der Waals surface area contributed by atoms with Crippen LogP contribution in [0.25, 0.3) is 0 Å².